The molecule has 2 N–H and O–H groups in total. The number of nitrogens with zero attached hydrogens (tertiary/aromatic N) is 1. The molecule has 0 unspecified atom stereocenters. The van der Waals surface area contributed by atoms with Crippen molar-refractivity contribution in [2.24, 2.45) is 4.99 Å². The second-order valence-electron chi connectivity index (χ2n) is 4.74. The van der Waals surface area contributed by atoms with Gasteiger partial charge < -0.3 is 15.4 Å². The van der Waals surface area contributed by atoms with E-state index in [4.69, 9.17) is 4.74 Å². The summed E-state index contributed by atoms with van der Waals surface area (Å²) in [5.74, 6) is 1.68. The second-order valence-corrected chi connectivity index (χ2v) is 5.99. The number of aryl methyl sites for hydroxylation is 1. The molecule has 0 fully saturated rings. The second kappa shape index (κ2) is 11.3. The van der Waals surface area contributed by atoms with Gasteiger partial charge in [0.25, 0.3) is 0 Å². The Morgan fingerprint density at radius 2 is 1.83 bits per heavy atom. The molecule has 0 spiro atoms. The molecule has 1 aromatic carbocycles. The number of guanidine groups is 1. The maximum atomic E-state index is 5.64. The number of thiophene rings is 1. The van der Waals surface area contributed by atoms with Crippen LogP contribution in [0, 0.1) is 0 Å². The van der Waals surface area contributed by atoms with E-state index in [0.717, 1.165) is 24.7 Å². The van der Waals surface area contributed by atoms with Crippen LogP contribution in [0.3, 0.4) is 0 Å². The zero-order valence-electron chi connectivity index (χ0n) is 13.5. The van der Waals surface area contributed by atoms with Crippen LogP contribution in [-0.2, 0) is 13.0 Å². The Hall–Kier alpha value is -1.28. The fraction of sp³-hybridized carbons (Fsp3) is 0.353. The predicted molar refractivity (Wildman–Crippen MR) is 109 cm³/mol. The highest BCUT2D eigenvalue weighted by Gasteiger charge is 2.01. The van der Waals surface area contributed by atoms with Crippen molar-refractivity contribution in [2.75, 3.05) is 20.2 Å². The monoisotopic (exact) mass is 445 g/mol. The van der Waals surface area contributed by atoms with Gasteiger partial charge >= 0.3 is 0 Å². The summed E-state index contributed by atoms with van der Waals surface area (Å²) in [5, 5.41) is 6.56. The molecule has 23 heavy (non-hydrogen) atoms. The van der Waals surface area contributed by atoms with E-state index in [0.29, 0.717) is 13.2 Å². The highest BCUT2D eigenvalue weighted by atomic mass is 127. The summed E-state index contributed by atoms with van der Waals surface area (Å²) in [7, 11) is 1.78. The van der Waals surface area contributed by atoms with Crippen LogP contribution in [-0.4, -0.2) is 26.2 Å². The van der Waals surface area contributed by atoms with Crippen LogP contribution in [0.2, 0.25) is 0 Å². The molecule has 0 amide bonds. The lowest BCUT2D eigenvalue weighted by Crippen LogP contribution is -2.38. The molecule has 126 valence electrons. The van der Waals surface area contributed by atoms with Crippen LogP contribution in [0.5, 0.6) is 5.75 Å². The van der Waals surface area contributed by atoms with E-state index in [1.807, 2.05) is 41.7 Å². The number of aliphatic imine (C=N–C) groups is 1. The molecule has 6 heteroatoms. The molecule has 0 radical (unpaired) electrons. The van der Waals surface area contributed by atoms with Crippen molar-refractivity contribution in [1.82, 2.24) is 10.6 Å². The average Bonchev–Trinajstić information content (AvgIpc) is 3.03. The fourth-order valence-corrected chi connectivity index (χ4v) is 2.85. The Balaban J connectivity index is 0.00000264. The molecule has 0 aliphatic carbocycles. The Morgan fingerprint density at radius 1 is 1.09 bits per heavy atom. The van der Waals surface area contributed by atoms with Gasteiger partial charge in [-0.25, -0.2) is 0 Å². The van der Waals surface area contributed by atoms with E-state index in [9.17, 15) is 0 Å². The van der Waals surface area contributed by atoms with Gasteiger partial charge in [-0.3, -0.25) is 4.99 Å². The lowest BCUT2D eigenvalue weighted by molar-refractivity contribution is 0.322. The van der Waals surface area contributed by atoms with Gasteiger partial charge in [-0.15, -0.1) is 35.3 Å². The molecule has 0 atom stereocenters. The van der Waals surface area contributed by atoms with Gasteiger partial charge in [-0.05, 0) is 30.7 Å². The van der Waals surface area contributed by atoms with Gasteiger partial charge in [-0.2, -0.15) is 0 Å². The van der Waals surface area contributed by atoms with Gasteiger partial charge in [-0.1, -0.05) is 25.1 Å². The highest BCUT2D eigenvalue weighted by Crippen LogP contribution is 2.16. The Kier molecular flexibility index (Phi) is 9.70. The molecule has 2 aromatic rings. The van der Waals surface area contributed by atoms with Crippen LogP contribution in [0.1, 0.15) is 16.7 Å². The van der Waals surface area contributed by atoms with Gasteiger partial charge in [0, 0.05) is 16.8 Å². The summed E-state index contributed by atoms with van der Waals surface area (Å²) in [4.78, 5) is 6.95. The number of ether oxygens (including phenoxy) is 1. The Labute approximate surface area is 159 Å². The van der Waals surface area contributed by atoms with E-state index < -0.39 is 0 Å². The van der Waals surface area contributed by atoms with Gasteiger partial charge in [0.2, 0.25) is 0 Å². The minimum atomic E-state index is 0. The fourth-order valence-electron chi connectivity index (χ4n) is 1.95. The van der Waals surface area contributed by atoms with Crippen LogP contribution < -0.4 is 15.4 Å². The molecule has 0 saturated carbocycles. The van der Waals surface area contributed by atoms with E-state index >= 15 is 0 Å². The Morgan fingerprint density at radius 3 is 2.48 bits per heavy atom. The minimum Gasteiger partial charge on any atom is -0.492 e. The molecule has 1 heterocycles. The van der Waals surface area contributed by atoms with E-state index in [1.165, 1.54) is 9.75 Å². The number of halogens is 1. The van der Waals surface area contributed by atoms with Crippen LogP contribution >= 0.6 is 35.3 Å². The first-order valence-electron chi connectivity index (χ1n) is 7.51. The van der Waals surface area contributed by atoms with Gasteiger partial charge in [0.1, 0.15) is 12.4 Å². The van der Waals surface area contributed by atoms with Crippen molar-refractivity contribution < 1.29 is 4.74 Å². The van der Waals surface area contributed by atoms with Gasteiger partial charge in [0.05, 0.1) is 13.1 Å². The van der Waals surface area contributed by atoms with E-state index in [-0.39, 0.29) is 24.0 Å². The van der Waals surface area contributed by atoms with Crippen molar-refractivity contribution in [3.63, 3.8) is 0 Å². The SMILES string of the molecule is CCc1ccc(CNC(=NC)NCCOc2ccccc2)s1.I. The van der Waals surface area contributed by atoms with Crippen molar-refractivity contribution in [3.05, 3.63) is 52.2 Å². The van der Waals surface area contributed by atoms with Crippen molar-refractivity contribution >= 4 is 41.3 Å². The highest BCUT2D eigenvalue weighted by molar-refractivity contribution is 14.0. The summed E-state index contributed by atoms with van der Waals surface area (Å²) < 4.78 is 5.64. The first-order valence-corrected chi connectivity index (χ1v) is 8.33. The number of rotatable bonds is 7. The summed E-state index contributed by atoms with van der Waals surface area (Å²) in [5.41, 5.74) is 0. The molecular weight excluding hydrogens is 421 g/mol. The standard InChI is InChI=1S/C17H23N3OS.HI/c1-3-15-9-10-16(22-15)13-20-17(18-2)19-11-12-21-14-7-5-4-6-8-14;/h4-10H,3,11-13H2,1-2H3,(H2,18,19,20);1H. The number of benzene rings is 1. The third-order valence-corrected chi connectivity index (χ3v) is 4.36. The largest absolute Gasteiger partial charge is 0.492 e. The summed E-state index contributed by atoms with van der Waals surface area (Å²) in [6.45, 7) is 4.28. The number of para-hydroxylation sites is 1. The maximum absolute atomic E-state index is 5.64. The molecule has 4 nitrogen and oxygen atoms in total. The number of hydrogen-bond donors (Lipinski definition) is 2. The smallest absolute Gasteiger partial charge is 0.191 e. The molecule has 1 aromatic heterocycles. The molecule has 0 bridgehead atoms. The quantitative estimate of drug-likeness (QED) is 0.296. The van der Waals surface area contributed by atoms with Crippen molar-refractivity contribution in [2.45, 2.75) is 19.9 Å². The van der Waals surface area contributed by atoms with E-state index in [2.05, 4.69) is 34.7 Å². The Bertz CT molecular complexity index is 587. The minimum absolute atomic E-state index is 0. The van der Waals surface area contributed by atoms with E-state index in [1.54, 1.807) is 7.05 Å². The lowest BCUT2D eigenvalue weighted by atomic mass is 10.3. The van der Waals surface area contributed by atoms with Gasteiger partial charge in [0.15, 0.2) is 5.96 Å². The number of nitrogens with one attached hydrogen (secondary N) is 2. The van der Waals surface area contributed by atoms with Crippen molar-refractivity contribution in [1.29, 1.82) is 0 Å². The first-order chi connectivity index (χ1) is 10.8. The topological polar surface area (TPSA) is 45.7 Å². The normalized spacial score (nSPS) is 10.8. The number of hydrogen-bond acceptors (Lipinski definition) is 3. The van der Waals surface area contributed by atoms with Crippen molar-refractivity contribution in [3.8, 4) is 5.75 Å². The average molecular weight is 445 g/mol. The summed E-state index contributed by atoms with van der Waals surface area (Å²) in [6.07, 6.45) is 1.09. The molecule has 0 aliphatic rings. The molecule has 0 saturated heterocycles. The third kappa shape index (κ3) is 7.22. The molecular formula is C17H24IN3OS. The van der Waals surface area contributed by atoms with Crippen LogP contribution in [0.4, 0.5) is 0 Å². The first kappa shape index (κ1) is 19.8. The molecule has 0 aliphatic heterocycles. The predicted octanol–water partition coefficient (Wildman–Crippen LogP) is 3.67. The zero-order valence-corrected chi connectivity index (χ0v) is 16.7. The maximum Gasteiger partial charge on any atom is 0.191 e. The lowest BCUT2D eigenvalue weighted by Gasteiger charge is -2.12. The molecule has 2 rings (SSSR count). The summed E-state index contributed by atoms with van der Waals surface area (Å²) >= 11 is 1.84. The third-order valence-electron chi connectivity index (χ3n) is 3.13. The van der Waals surface area contributed by atoms with Crippen LogP contribution in [0.15, 0.2) is 47.5 Å². The zero-order chi connectivity index (χ0) is 15.6. The summed E-state index contributed by atoms with van der Waals surface area (Å²) in [6, 6.07) is 14.2. The van der Waals surface area contributed by atoms with Crippen LogP contribution in [0.25, 0.3) is 0 Å².